The van der Waals surface area contributed by atoms with Crippen LogP contribution < -0.4 is 9.47 Å². The highest BCUT2D eigenvalue weighted by Crippen LogP contribution is 2.36. The molecule has 3 aliphatic heterocycles. The van der Waals surface area contributed by atoms with Crippen molar-refractivity contribution < 1.29 is 14.3 Å². The maximum absolute atomic E-state index is 13.2. The van der Waals surface area contributed by atoms with Gasteiger partial charge in [0.05, 0.1) is 0 Å². The van der Waals surface area contributed by atoms with Gasteiger partial charge in [0, 0.05) is 24.7 Å². The Bertz CT molecular complexity index is 874. The van der Waals surface area contributed by atoms with Crippen LogP contribution in [-0.4, -0.2) is 54.7 Å². The van der Waals surface area contributed by atoms with E-state index in [0.29, 0.717) is 6.04 Å². The highest BCUT2D eigenvalue weighted by atomic mass is 16.7. The molecule has 0 saturated carbocycles. The minimum Gasteiger partial charge on any atom is -0.454 e. The van der Waals surface area contributed by atoms with E-state index in [4.69, 9.17) is 9.47 Å². The van der Waals surface area contributed by atoms with E-state index < -0.39 is 0 Å². The molecule has 2 fully saturated rings. The lowest BCUT2D eigenvalue weighted by Crippen LogP contribution is -2.44. The molecule has 2 aromatic carbocycles. The molecule has 2 saturated heterocycles. The van der Waals surface area contributed by atoms with Crippen LogP contribution >= 0.6 is 0 Å². The number of rotatable bonds is 4. The fraction of sp³-hybridized carbons (Fsp3) is 0.458. The second-order valence-corrected chi connectivity index (χ2v) is 8.30. The van der Waals surface area contributed by atoms with Crippen LogP contribution in [-0.2, 0) is 0 Å². The number of carbonyl (C=O) groups is 1. The summed E-state index contributed by atoms with van der Waals surface area (Å²) in [7, 11) is 0. The molecule has 0 spiro atoms. The smallest absolute Gasteiger partial charge is 0.254 e. The lowest BCUT2D eigenvalue weighted by Gasteiger charge is -2.33. The van der Waals surface area contributed by atoms with Crippen LogP contribution in [0.15, 0.2) is 42.5 Å². The number of nitrogens with zero attached hydrogens (tertiary/aromatic N) is 2. The van der Waals surface area contributed by atoms with Crippen molar-refractivity contribution in [1.82, 2.24) is 9.80 Å². The number of ether oxygens (including phenoxy) is 2. The maximum atomic E-state index is 13.2. The molecule has 29 heavy (non-hydrogen) atoms. The lowest BCUT2D eigenvalue weighted by molar-refractivity contribution is 0.0690. The minimum absolute atomic E-state index is 0.168. The van der Waals surface area contributed by atoms with Gasteiger partial charge in [-0.05, 0) is 74.2 Å². The number of hydrogen-bond donors (Lipinski definition) is 0. The topological polar surface area (TPSA) is 42.0 Å². The zero-order chi connectivity index (χ0) is 19.6. The van der Waals surface area contributed by atoms with Crippen molar-refractivity contribution in [2.45, 2.75) is 38.1 Å². The average Bonchev–Trinajstić information content (AvgIpc) is 3.43. The first kappa shape index (κ1) is 18.5. The van der Waals surface area contributed by atoms with Crippen molar-refractivity contribution >= 4 is 5.91 Å². The predicted molar refractivity (Wildman–Crippen MR) is 112 cm³/mol. The largest absolute Gasteiger partial charge is 0.454 e. The molecule has 5 rings (SSSR count). The SMILES string of the molecule is O=C(c1ccc(-c2ccc3c(c2)OCO3)cc1)N1CCCC1CN1CCCCC1. The van der Waals surface area contributed by atoms with Gasteiger partial charge in [0.1, 0.15) is 0 Å². The Morgan fingerprint density at radius 2 is 1.62 bits per heavy atom. The Balaban J connectivity index is 1.28. The van der Waals surface area contributed by atoms with Gasteiger partial charge in [0.25, 0.3) is 5.91 Å². The molecule has 0 N–H and O–H groups in total. The van der Waals surface area contributed by atoms with Crippen LogP contribution in [0.5, 0.6) is 11.5 Å². The number of fused-ring (bicyclic) bond motifs is 1. The third-order valence-electron chi connectivity index (χ3n) is 6.39. The van der Waals surface area contributed by atoms with Crippen LogP contribution in [0.2, 0.25) is 0 Å². The Morgan fingerprint density at radius 3 is 2.45 bits per heavy atom. The third-order valence-corrected chi connectivity index (χ3v) is 6.39. The molecule has 5 heteroatoms. The Hall–Kier alpha value is -2.53. The summed E-state index contributed by atoms with van der Waals surface area (Å²) >= 11 is 0. The Morgan fingerprint density at radius 1 is 0.862 bits per heavy atom. The summed E-state index contributed by atoms with van der Waals surface area (Å²) in [5.74, 6) is 1.73. The average molecular weight is 392 g/mol. The monoisotopic (exact) mass is 392 g/mol. The molecule has 2 aromatic rings. The number of benzene rings is 2. The number of piperidine rings is 1. The first-order valence-corrected chi connectivity index (χ1v) is 10.8. The summed E-state index contributed by atoms with van der Waals surface area (Å²) in [4.78, 5) is 17.8. The summed E-state index contributed by atoms with van der Waals surface area (Å²) in [5, 5.41) is 0. The standard InChI is InChI=1S/C24H28N2O3/c27-24(26-14-4-5-21(26)16-25-12-2-1-3-13-25)19-8-6-18(7-9-19)20-10-11-22-23(15-20)29-17-28-22/h6-11,15,21H,1-5,12-14,16-17H2. The van der Waals surface area contributed by atoms with E-state index in [2.05, 4.69) is 9.80 Å². The van der Waals surface area contributed by atoms with Gasteiger partial charge in [-0.1, -0.05) is 24.6 Å². The fourth-order valence-corrected chi connectivity index (χ4v) is 4.78. The number of amides is 1. The summed E-state index contributed by atoms with van der Waals surface area (Å²) in [6, 6.07) is 14.3. The van der Waals surface area contributed by atoms with E-state index in [1.807, 2.05) is 42.5 Å². The summed E-state index contributed by atoms with van der Waals surface area (Å²) < 4.78 is 10.9. The summed E-state index contributed by atoms with van der Waals surface area (Å²) in [6.07, 6.45) is 6.17. The zero-order valence-corrected chi connectivity index (χ0v) is 16.8. The molecule has 1 unspecified atom stereocenters. The van der Waals surface area contributed by atoms with E-state index in [1.165, 1.54) is 32.4 Å². The molecule has 152 valence electrons. The molecule has 3 aliphatic rings. The fourth-order valence-electron chi connectivity index (χ4n) is 4.78. The van der Waals surface area contributed by atoms with Gasteiger partial charge >= 0.3 is 0 Å². The van der Waals surface area contributed by atoms with Crippen molar-refractivity contribution in [2.24, 2.45) is 0 Å². The quantitative estimate of drug-likeness (QED) is 0.783. The maximum Gasteiger partial charge on any atom is 0.254 e. The van der Waals surface area contributed by atoms with Gasteiger partial charge in [-0.3, -0.25) is 4.79 Å². The number of hydrogen-bond acceptors (Lipinski definition) is 4. The van der Waals surface area contributed by atoms with E-state index >= 15 is 0 Å². The van der Waals surface area contributed by atoms with Gasteiger partial charge < -0.3 is 19.3 Å². The molecule has 3 heterocycles. The molecule has 0 aliphatic carbocycles. The zero-order valence-electron chi connectivity index (χ0n) is 16.8. The predicted octanol–water partition coefficient (Wildman–Crippen LogP) is 4.17. The van der Waals surface area contributed by atoms with Gasteiger partial charge in [-0.2, -0.15) is 0 Å². The van der Waals surface area contributed by atoms with E-state index in [0.717, 1.165) is 54.1 Å². The van der Waals surface area contributed by atoms with Gasteiger partial charge in [0.2, 0.25) is 6.79 Å². The van der Waals surface area contributed by atoms with Crippen LogP contribution in [0, 0.1) is 0 Å². The van der Waals surface area contributed by atoms with Gasteiger partial charge in [-0.15, -0.1) is 0 Å². The molecule has 0 bridgehead atoms. The Kier molecular flexibility index (Phi) is 5.15. The highest BCUT2D eigenvalue weighted by molar-refractivity contribution is 5.95. The van der Waals surface area contributed by atoms with Crippen molar-refractivity contribution in [3.05, 3.63) is 48.0 Å². The van der Waals surface area contributed by atoms with E-state index in [-0.39, 0.29) is 12.7 Å². The summed E-state index contributed by atoms with van der Waals surface area (Å²) in [5.41, 5.74) is 2.92. The molecular weight excluding hydrogens is 364 g/mol. The minimum atomic E-state index is 0.168. The van der Waals surface area contributed by atoms with Crippen molar-refractivity contribution in [3.63, 3.8) is 0 Å². The first-order valence-electron chi connectivity index (χ1n) is 10.8. The van der Waals surface area contributed by atoms with Crippen LogP contribution in [0.1, 0.15) is 42.5 Å². The van der Waals surface area contributed by atoms with Crippen molar-refractivity contribution in [3.8, 4) is 22.6 Å². The normalized spacial score (nSPS) is 21.5. The van der Waals surface area contributed by atoms with Crippen molar-refractivity contribution in [1.29, 1.82) is 0 Å². The highest BCUT2D eigenvalue weighted by Gasteiger charge is 2.31. The first-order chi connectivity index (χ1) is 14.3. The molecule has 0 radical (unpaired) electrons. The molecule has 0 aromatic heterocycles. The van der Waals surface area contributed by atoms with Gasteiger partial charge in [0.15, 0.2) is 11.5 Å². The molecule has 5 nitrogen and oxygen atoms in total. The molecule has 1 amide bonds. The lowest BCUT2D eigenvalue weighted by atomic mass is 10.0. The van der Waals surface area contributed by atoms with Crippen LogP contribution in [0.25, 0.3) is 11.1 Å². The van der Waals surface area contributed by atoms with Gasteiger partial charge in [-0.25, -0.2) is 0 Å². The van der Waals surface area contributed by atoms with E-state index in [9.17, 15) is 4.79 Å². The number of carbonyl (C=O) groups excluding carboxylic acids is 1. The van der Waals surface area contributed by atoms with Crippen LogP contribution in [0.4, 0.5) is 0 Å². The second-order valence-electron chi connectivity index (χ2n) is 8.30. The molecular formula is C24H28N2O3. The van der Waals surface area contributed by atoms with Crippen molar-refractivity contribution in [2.75, 3.05) is 33.0 Å². The third kappa shape index (κ3) is 3.84. The Labute approximate surface area is 172 Å². The molecule has 1 atom stereocenters. The number of likely N-dealkylation sites (tertiary alicyclic amines) is 2. The van der Waals surface area contributed by atoms with E-state index in [1.54, 1.807) is 0 Å². The second kappa shape index (κ2) is 8.07. The van der Waals surface area contributed by atoms with Crippen LogP contribution in [0.3, 0.4) is 0 Å². The summed E-state index contributed by atoms with van der Waals surface area (Å²) in [6.45, 7) is 4.55.